The predicted molar refractivity (Wildman–Crippen MR) is 97.5 cm³/mol. The summed E-state index contributed by atoms with van der Waals surface area (Å²) in [5, 5.41) is 6.50. The molecule has 0 unspecified atom stereocenters. The van der Waals surface area contributed by atoms with E-state index in [0.717, 1.165) is 12.8 Å². The predicted octanol–water partition coefficient (Wildman–Crippen LogP) is 0.888. The molecule has 1 aromatic rings. The van der Waals surface area contributed by atoms with Gasteiger partial charge in [-0.25, -0.2) is 18.3 Å². The van der Waals surface area contributed by atoms with E-state index in [1.165, 1.54) is 11.8 Å². The maximum atomic E-state index is 12.8. The molecule has 1 saturated heterocycles. The highest BCUT2D eigenvalue weighted by Gasteiger charge is 2.35. The number of nitrogens with zero attached hydrogens (tertiary/aromatic N) is 3. The van der Waals surface area contributed by atoms with Crippen molar-refractivity contribution in [1.29, 1.82) is 0 Å². The average Bonchev–Trinajstić information content (AvgIpc) is 3.08. The van der Waals surface area contributed by atoms with Crippen LogP contribution in [-0.4, -0.2) is 63.3 Å². The van der Waals surface area contributed by atoms with Crippen molar-refractivity contribution in [3.63, 3.8) is 0 Å². The first-order valence-corrected chi connectivity index (χ1v) is 11.3. The Kier molecular flexibility index (Phi) is 6.72. The van der Waals surface area contributed by atoms with E-state index < -0.39 is 15.1 Å². The van der Waals surface area contributed by atoms with Crippen LogP contribution in [0.1, 0.15) is 40.0 Å². The zero-order valence-electron chi connectivity index (χ0n) is 14.9. The van der Waals surface area contributed by atoms with Gasteiger partial charge in [0.1, 0.15) is 0 Å². The fraction of sp³-hybridized carbons (Fsp3) is 0.800. The van der Waals surface area contributed by atoms with Crippen molar-refractivity contribution in [2.45, 2.75) is 63.0 Å². The highest BCUT2D eigenvalue weighted by atomic mass is 32.2. The molecule has 0 aromatic carbocycles. The molecule has 0 saturated carbocycles. The Morgan fingerprint density at radius 1 is 1.48 bits per heavy atom. The number of hydrogen-bond donors (Lipinski definition) is 1. The minimum Gasteiger partial charge on any atom is -0.338 e. The van der Waals surface area contributed by atoms with E-state index in [2.05, 4.69) is 10.2 Å². The van der Waals surface area contributed by atoms with Crippen molar-refractivity contribution in [2.24, 2.45) is 0 Å². The largest absolute Gasteiger partial charge is 0.343 e. The number of carbonyl (C=O) groups excluding carboxylic acids is 1. The third-order valence-corrected chi connectivity index (χ3v) is 7.19. The number of sulfone groups is 1. The quantitative estimate of drug-likeness (QED) is 0.661. The van der Waals surface area contributed by atoms with Gasteiger partial charge in [-0.2, -0.15) is 0 Å². The second-order valence-electron chi connectivity index (χ2n) is 6.26. The number of rotatable bonds is 8. The minimum absolute atomic E-state index is 0.0353. The van der Waals surface area contributed by atoms with E-state index in [0.29, 0.717) is 24.7 Å². The molecule has 25 heavy (non-hydrogen) atoms. The van der Waals surface area contributed by atoms with E-state index in [-0.39, 0.29) is 29.1 Å². The van der Waals surface area contributed by atoms with Gasteiger partial charge in [0.25, 0.3) is 0 Å². The molecular weight excluding hydrogens is 364 g/mol. The molecule has 1 fully saturated rings. The van der Waals surface area contributed by atoms with Gasteiger partial charge >= 0.3 is 5.69 Å². The van der Waals surface area contributed by atoms with Gasteiger partial charge in [0.05, 0.1) is 16.8 Å². The summed E-state index contributed by atoms with van der Waals surface area (Å²) >= 11 is 1.23. The minimum atomic E-state index is -3.05. The number of aromatic amines is 1. The lowest BCUT2D eigenvalue weighted by Gasteiger charge is -2.29. The molecule has 2 atom stereocenters. The summed E-state index contributed by atoms with van der Waals surface area (Å²) in [4.78, 5) is 26.3. The van der Waals surface area contributed by atoms with Crippen LogP contribution in [0.15, 0.2) is 9.95 Å². The van der Waals surface area contributed by atoms with Crippen LogP contribution in [0.2, 0.25) is 0 Å². The van der Waals surface area contributed by atoms with Crippen molar-refractivity contribution >= 4 is 27.5 Å². The lowest BCUT2D eigenvalue weighted by atomic mass is 10.2. The number of amides is 1. The number of aromatic nitrogens is 3. The van der Waals surface area contributed by atoms with Gasteiger partial charge in [-0.3, -0.25) is 9.36 Å². The Labute approximate surface area is 152 Å². The molecule has 1 N–H and O–H groups in total. The Bertz CT molecular complexity index is 756. The summed E-state index contributed by atoms with van der Waals surface area (Å²) < 4.78 is 24.9. The molecule has 0 bridgehead atoms. The van der Waals surface area contributed by atoms with E-state index >= 15 is 0 Å². The second-order valence-corrected chi connectivity index (χ2v) is 9.79. The molecule has 1 aliphatic rings. The summed E-state index contributed by atoms with van der Waals surface area (Å²) in [5.41, 5.74) is -0.273. The molecular formula is C15H26N4O4S2. The molecule has 1 aromatic heterocycles. The number of unbranched alkanes of at least 4 members (excludes halogenated alkanes) is 1. The number of nitrogens with one attached hydrogen (secondary N) is 1. The lowest BCUT2D eigenvalue weighted by molar-refractivity contribution is -0.131. The molecule has 142 valence electrons. The fourth-order valence-corrected chi connectivity index (χ4v) is 5.65. The van der Waals surface area contributed by atoms with Crippen LogP contribution in [0.4, 0.5) is 0 Å². The summed E-state index contributed by atoms with van der Waals surface area (Å²) in [6.45, 7) is 6.69. The zero-order valence-corrected chi connectivity index (χ0v) is 16.5. The van der Waals surface area contributed by atoms with Crippen molar-refractivity contribution in [2.75, 3.05) is 18.1 Å². The molecule has 8 nitrogen and oxygen atoms in total. The topological polar surface area (TPSA) is 105 Å². The first-order chi connectivity index (χ1) is 11.8. The average molecular weight is 391 g/mol. The number of hydrogen-bond acceptors (Lipinski definition) is 6. The van der Waals surface area contributed by atoms with Crippen molar-refractivity contribution < 1.29 is 13.2 Å². The molecule has 0 spiro atoms. The van der Waals surface area contributed by atoms with Crippen LogP contribution >= 0.6 is 11.8 Å². The Balaban J connectivity index is 2.08. The van der Waals surface area contributed by atoms with E-state index in [1.54, 1.807) is 16.4 Å². The third kappa shape index (κ3) is 4.87. The standard InChI is InChI=1S/C15H26N4O4S2/c1-4-6-8-19-14(21)16-17-15(19)24-11(3)13(20)18(5-2)12-7-9-25(22,23)10-12/h11-12H,4-10H2,1-3H3,(H,16,21)/t11-,12+/m0/s1. The number of thioether (sulfide) groups is 1. The first-order valence-electron chi connectivity index (χ1n) is 8.61. The van der Waals surface area contributed by atoms with Gasteiger partial charge < -0.3 is 4.90 Å². The van der Waals surface area contributed by atoms with Crippen molar-refractivity contribution in [3.8, 4) is 0 Å². The maximum Gasteiger partial charge on any atom is 0.343 e. The highest BCUT2D eigenvalue weighted by Crippen LogP contribution is 2.25. The number of carbonyl (C=O) groups is 1. The fourth-order valence-electron chi connectivity index (χ4n) is 2.96. The molecule has 2 rings (SSSR count). The van der Waals surface area contributed by atoms with Crippen molar-refractivity contribution in [3.05, 3.63) is 10.5 Å². The maximum absolute atomic E-state index is 12.8. The molecule has 2 heterocycles. The number of H-pyrrole nitrogens is 1. The highest BCUT2D eigenvalue weighted by molar-refractivity contribution is 8.00. The van der Waals surface area contributed by atoms with Crippen LogP contribution in [0.3, 0.4) is 0 Å². The van der Waals surface area contributed by atoms with Gasteiger partial charge in [-0.1, -0.05) is 25.1 Å². The second kappa shape index (κ2) is 8.39. The molecule has 0 radical (unpaired) electrons. The zero-order chi connectivity index (χ0) is 18.6. The third-order valence-electron chi connectivity index (χ3n) is 4.36. The molecule has 0 aliphatic carbocycles. The molecule has 10 heteroatoms. The van der Waals surface area contributed by atoms with Crippen LogP contribution in [0.25, 0.3) is 0 Å². The van der Waals surface area contributed by atoms with Gasteiger partial charge in [-0.15, -0.1) is 5.10 Å². The van der Waals surface area contributed by atoms with E-state index in [1.807, 2.05) is 13.8 Å². The van der Waals surface area contributed by atoms with E-state index in [9.17, 15) is 18.0 Å². The van der Waals surface area contributed by atoms with Gasteiger partial charge in [0.2, 0.25) is 5.91 Å². The smallest absolute Gasteiger partial charge is 0.338 e. The van der Waals surface area contributed by atoms with Gasteiger partial charge in [0, 0.05) is 19.1 Å². The van der Waals surface area contributed by atoms with Crippen LogP contribution in [0.5, 0.6) is 0 Å². The van der Waals surface area contributed by atoms with Crippen LogP contribution in [-0.2, 0) is 21.2 Å². The molecule has 1 aliphatic heterocycles. The van der Waals surface area contributed by atoms with Gasteiger partial charge in [-0.05, 0) is 26.7 Å². The SMILES string of the molecule is CCCCn1c(S[C@@H](C)C(=O)N(CC)[C@@H]2CCS(=O)(=O)C2)n[nH]c1=O. The normalized spacial score (nSPS) is 20.5. The Morgan fingerprint density at radius 3 is 2.76 bits per heavy atom. The lowest BCUT2D eigenvalue weighted by Crippen LogP contribution is -2.44. The Hall–Kier alpha value is -1.29. The van der Waals surface area contributed by atoms with Gasteiger partial charge in [0.15, 0.2) is 15.0 Å². The summed E-state index contributed by atoms with van der Waals surface area (Å²) in [6, 6.07) is -0.257. The monoisotopic (exact) mass is 390 g/mol. The molecule has 1 amide bonds. The van der Waals surface area contributed by atoms with Crippen molar-refractivity contribution in [1.82, 2.24) is 19.7 Å². The first kappa shape index (κ1) is 20.0. The van der Waals surface area contributed by atoms with Crippen LogP contribution in [0, 0.1) is 0 Å². The summed E-state index contributed by atoms with van der Waals surface area (Å²) in [7, 11) is -3.05. The Morgan fingerprint density at radius 2 is 2.20 bits per heavy atom. The van der Waals surface area contributed by atoms with E-state index in [4.69, 9.17) is 0 Å². The van der Waals surface area contributed by atoms with Crippen LogP contribution < -0.4 is 5.69 Å². The summed E-state index contributed by atoms with van der Waals surface area (Å²) in [6.07, 6.45) is 2.30. The summed E-state index contributed by atoms with van der Waals surface area (Å²) in [5.74, 6) is 0.0547.